The summed E-state index contributed by atoms with van der Waals surface area (Å²) in [5.74, 6) is 0. The van der Waals surface area contributed by atoms with Crippen molar-refractivity contribution in [2.45, 2.75) is 12.8 Å². The highest BCUT2D eigenvalue weighted by Gasteiger charge is 1.98. The van der Waals surface area contributed by atoms with E-state index < -0.39 is 0 Å². The van der Waals surface area contributed by atoms with E-state index in [0.29, 0.717) is 0 Å². The first-order valence-corrected chi connectivity index (χ1v) is 6.19. The minimum absolute atomic E-state index is 0.804. The Kier molecular flexibility index (Phi) is 11.2. The van der Waals surface area contributed by atoms with E-state index in [2.05, 4.69) is 36.3 Å². The Morgan fingerprint density at radius 3 is 2.25 bits per heavy atom. The van der Waals surface area contributed by atoms with Crippen molar-refractivity contribution in [3.8, 4) is 0 Å². The molecular formula is C12H29N3O. The van der Waals surface area contributed by atoms with Gasteiger partial charge < -0.3 is 19.9 Å². The number of methoxy groups -OCH3 is 1. The van der Waals surface area contributed by atoms with Crippen molar-refractivity contribution in [1.82, 2.24) is 15.1 Å². The average molecular weight is 231 g/mol. The van der Waals surface area contributed by atoms with Gasteiger partial charge in [0.15, 0.2) is 0 Å². The first-order valence-electron chi connectivity index (χ1n) is 6.19. The van der Waals surface area contributed by atoms with Crippen LogP contribution in [0.1, 0.15) is 12.8 Å². The number of nitrogens with zero attached hydrogens (tertiary/aromatic N) is 2. The summed E-state index contributed by atoms with van der Waals surface area (Å²) in [6.45, 7) is 6.39. The summed E-state index contributed by atoms with van der Waals surface area (Å²) in [6, 6.07) is 0. The molecule has 98 valence electrons. The third-order valence-corrected chi connectivity index (χ3v) is 2.52. The molecule has 0 saturated carbocycles. The highest BCUT2D eigenvalue weighted by Crippen LogP contribution is 1.91. The molecule has 0 heterocycles. The van der Waals surface area contributed by atoms with Gasteiger partial charge in [0.2, 0.25) is 0 Å². The molecule has 0 aliphatic heterocycles. The minimum atomic E-state index is 0.804. The Labute approximate surface area is 101 Å². The molecule has 0 radical (unpaired) electrons. The molecule has 4 heteroatoms. The molecule has 0 spiro atoms. The molecule has 0 aromatic heterocycles. The normalized spacial score (nSPS) is 11.6. The van der Waals surface area contributed by atoms with Gasteiger partial charge in [0.1, 0.15) is 0 Å². The molecule has 0 aliphatic rings. The highest BCUT2D eigenvalue weighted by molar-refractivity contribution is 4.55. The quantitative estimate of drug-likeness (QED) is 0.524. The summed E-state index contributed by atoms with van der Waals surface area (Å²) < 4.78 is 4.97. The van der Waals surface area contributed by atoms with Gasteiger partial charge in [-0.2, -0.15) is 0 Å². The first kappa shape index (κ1) is 15.8. The van der Waals surface area contributed by atoms with Crippen molar-refractivity contribution in [1.29, 1.82) is 0 Å². The molecule has 0 amide bonds. The van der Waals surface area contributed by atoms with Crippen molar-refractivity contribution < 1.29 is 4.74 Å². The first-order chi connectivity index (χ1) is 7.66. The number of hydrogen-bond donors (Lipinski definition) is 1. The molecule has 0 saturated heterocycles. The zero-order valence-electron chi connectivity index (χ0n) is 11.5. The Hall–Kier alpha value is -0.160. The van der Waals surface area contributed by atoms with E-state index in [4.69, 9.17) is 4.74 Å². The largest absolute Gasteiger partial charge is 0.383 e. The molecule has 0 aromatic carbocycles. The summed E-state index contributed by atoms with van der Waals surface area (Å²) in [7, 11) is 8.18. The Morgan fingerprint density at radius 1 is 0.938 bits per heavy atom. The van der Waals surface area contributed by atoms with Gasteiger partial charge in [-0.05, 0) is 60.2 Å². The molecule has 1 N–H and O–H groups in total. The topological polar surface area (TPSA) is 27.7 Å². The van der Waals surface area contributed by atoms with Crippen molar-refractivity contribution in [3.05, 3.63) is 0 Å². The lowest BCUT2D eigenvalue weighted by atomic mass is 10.3. The van der Waals surface area contributed by atoms with Gasteiger partial charge in [-0.15, -0.1) is 0 Å². The van der Waals surface area contributed by atoms with E-state index in [1.165, 1.54) is 32.5 Å². The van der Waals surface area contributed by atoms with E-state index in [1.807, 2.05) is 0 Å². The number of hydrogen-bond acceptors (Lipinski definition) is 4. The molecular weight excluding hydrogens is 202 g/mol. The molecule has 0 unspecified atom stereocenters. The number of rotatable bonds is 11. The lowest BCUT2D eigenvalue weighted by Crippen LogP contribution is -2.28. The van der Waals surface area contributed by atoms with Crippen LogP contribution in [0.3, 0.4) is 0 Å². The number of ether oxygens (including phenoxy) is 1. The van der Waals surface area contributed by atoms with Crippen LogP contribution in [0.2, 0.25) is 0 Å². The van der Waals surface area contributed by atoms with Crippen LogP contribution in [0.25, 0.3) is 0 Å². The lowest BCUT2D eigenvalue weighted by molar-refractivity contribution is 0.198. The highest BCUT2D eigenvalue weighted by atomic mass is 16.5. The van der Waals surface area contributed by atoms with Crippen LogP contribution < -0.4 is 5.32 Å². The molecule has 0 aliphatic carbocycles. The van der Waals surface area contributed by atoms with Crippen LogP contribution in [0.4, 0.5) is 0 Å². The lowest BCUT2D eigenvalue weighted by Gasteiger charge is -2.18. The Bertz CT molecular complexity index is 142. The maximum atomic E-state index is 4.97. The van der Waals surface area contributed by atoms with Crippen molar-refractivity contribution in [2.75, 3.05) is 67.6 Å². The van der Waals surface area contributed by atoms with E-state index in [9.17, 15) is 0 Å². The standard InChI is InChI=1S/C12H29N3O/c1-14(2)9-6-11-15(3)10-5-7-13-8-12-16-4/h13H,5-12H2,1-4H3. The van der Waals surface area contributed by atoms with Crippen LogP contribution in [0.5, 0.6) is 0 Å². The van der Waals surface area contributed by atoms with E-state index in [-0.39, 0.29) is 0 Å². The van der Waals surface area contributed by atoms with Gasteiger partial charge in [0, 0.05) is 13.7 Å². The Balaban J connectivity index is 3.14. The van der Waals surface area contributed by atoms with Gasteiger partial charge in [-0.1, -0.05) is 0 Å². The van der Waals surface area contributed by atoms with Gasteiger partial charge in [-0.25, -0.2) is 0 Å². The second-order valence-electron chi connectivity index (χ2n) is 4.56. The number of nitrogens with one attached hydrogen (secondary N) is 1. The molecule has 0 aromatic rings. The van der Waals surface area contributed by atoms with E-state index in [0.717, 1.165) is 19.7 Å². The third kappa shape index (κ3) is 11.9. The van der Waals surface area contributed by atoms with Gasteiger partial charge in [0.05, 0.1) is 6.61 Å². The molecule has 0 bridgehead atoms. The fourth-order valence-electron chi connectivity index (χ4n) is 1.54. The smallest absolute Gasteiger partial charge is 0.0587 e. The molecule has 16 heavy (non-hydrogen) atoms. The predicted octanol–water partition coefficient (Wildman–Crippen LogP) is 0.496. The van der Waals surface area contributed by atoms with Crippen LogP contribution in [-0.4, -0.2) is 77.4 Å². The fraction of sp³-hybridized carbons (Fsp3) is 1.00. The fourth-order valence-corrected chi connectivity index (χ4v) is 1.54. The zero-order chi connectivity index (χ0) is 12.2. The monoisotopic (exact) mass is 231 g/mol. The van der Waals surface area contributed by atoms with Crippen molar-refractivity contribution >= 4 is 0 Å². The molecule has 0 fully saturated rings. The van der Waals surface area contributed by atoms with Gasteiger partial charge in [-0.3, -0.25) is 0 Å². The van der Waals surface area contributed by atoms with Crippen molar-refractivity contribution in [2.24, 2.45) is 0 Å². The summed E-state index contributed by atoms with van der Waals surface area (Å²) in [4.78, 5) is 4.64. The zero-order valence-corrected chi connectivity index (χ0v) is 11.5. The summed E-state index contributed by atoms with van der Waals surface area (Å²) in [6.07, 6.45) is 2.46. The molecule has 0 rings (SSSR count). The van der Waals surface area contributed by atoms with E-state index in [1.54, 1.807) is 7.11 Å². The van der Waals surface area contributed by atoms with E-state index >= 15 is 0 Å². The van der Waals surface area contributed by atoms with Crippen LogP contribution in [0, 0.1) is 0 Å². The average Bonchev–Trinajstić information content (AvgIpc) is 2.22. The van der Waals surface area contributed by atoms with Crippen LogP contribution in [0.15, 0.2) is 0 Å². The van der Waals surface area contributed by atoms with Gasteiger partial charge >= 0.3 is 0 Å². The molecule has 4 nitrogen and oxygen atoms in total. The SMILES string of the molecule is COCCNCCCN(C)CCCN(C)C. The minimum Gasteiger partial charge on any atom is -0.383 e. The second kappa shape index (κ2) is 11.3. The maximum absolute atomic E-state index is 4.97. The summed E-state index contributed by atoms with van der Waals surface area (Å²) in [5, 5.41) is 3.36. The van der Waals surface area contributed by atoms with Crippen LogP contribution in [-0.2, 0) is 4.74 Å². The predicted molar refractivity (Wildman–Crippen MR) is 70.0 cm³/mol. The third-order valence-electron chi connectivity index (χ3n) is 2.52. The molecule has 0 atom stereocenters. The van der Waals surface area contributed by atoms with Crippen LogP contribution >= 0.6 is 0 Å². The summed E-state index contributed by atoms with van der Waals surface area (Å²) >= 11 is 0. The summed E-state index contributed by atoms with van der Waals surface area (Å²) in [5.41, 5.74) is 0. The van der Waals surface area contributed by atoms with Crippen molar-refractivity contribution in [3.63, 3.8) is 0 Å². The second-order valence-corrected chi connectivity index (χ2v) is 4.56. The van der Waals surface area contributed by atoms with Gasteiger partial charge in [0.25, 0.3) is 0 Å². The Morgan fingerprint density at radius 2 is 1.62 bits per heavy atom. The maximum Gasteiger partial charge on any atom is 0.0587 e.